The maximum absolute atomic E-state index is 12.7. The van der Waals surface area contributed by atoms with Gasteiger partial charge in [-0.05, 0) is 98.2 Å². The molecule has 3 fully saturated rings. The van der Waals surface area contributed by atoms with Crippen molar-refractivity contribution < 1.29 is 39.5 Å². The number of carbonyl (C=O) groups is 2. The molecule has 4 atom stereocenters. The first-order chi connectivity index (χ1) is 26.0. The topological polar surface area (TPSA) is 180 Å². The van der Waals surface area contributed by atoms with Crippen molar-refractivity contribution in [3.05, 3.63) is 65.4 Å². The number of urea groups is 1. The summed E-state index contributed by atoms with van der Waals surface area (Å²) in [6, 6.07) is 14.7. The van der Waals surface area contributed by atoms with Crippen LogP contribution >= 0.6 is 0 Å². The van der Waals surface area contributed by atoms with Gasteiger partial charge in [0.1, 0.15) is 30.2 Å². The molecule has 6 rings (SSSR count). The van der Waals surface area contributed by atoms with Crippen molar-refractivity contribution in [2.24, 2.45) is 11.3 Å². The summed E-state index contributed by atoms with van der Waals surface area (Å²) in [7, 11) is 0. The second-order valence-corrected chi connectivity index (χ2v) is 15.7. The van der Waals surface area contributed by atoms with Gasteiger partial charge in [-0.25, -0.2) is 4.79 Å². The molecular formula is C41H61N5O8. The van der Waals surface area contributed by atoms with Gasteiger partial charge in [0.2, 0.25) is 5.91 Å². The van der Waals surface area contributed by atoms with E-state index in [9.17, 15) is 9.59 Å². The van der Waals surface area contributed by atoms with Gasteiger partial charge in [0.25, 0.3) is 0 Å². The van der Waals surface area contributed by atoms with E-state index in [2.05, 4.69) is 76.1 Å². The fourth-order valence-electron chi connectivity index (χ4n) is 7.79. The number of H-pyrrole nitrogens is 1. The zero-order valence-corrected chi connectivity index (χ0v) is 32.1. The predicted octanol–water partition coefficient (Wildman–Crippen LogP) is 2.96. The molecule has 0 saturated carbocycles. The van der Waals surface area contributed by atoms with Crippen LogP contribution in [0.1, 0.15) is 62.6 Å². The number of rotatable bonds is 12. The van der Waals surface area contributed by atoms with Gasteiger partial charge in [-0.15, -0.1) is 0 Å². The summed E-state index contributed by atoms with van der Waals surface area (Å²) in [6.45, 7) is 12.1. The molecule has 298 valence electrons. The Kier molecular flexibility index (Phi) is 15.2. The normalized spacial score (nSPS) is 22.9. The molecule has 3 amide bonds. The zero-order chi connectivity index (χ0) is 38.7. The van der Waals surface area contributed by atoms with E-state index in [4.69, 9.17) is 29.9 Å². The summed E-state index contributed by atoms with van der Waals surface area (Å²) in [5.41, 5.74) is 5.42. The second kappa shape index (κ2) is 19.7. The Balaban J connectivity index is 0.000000438. The van der Waals surface area contributed by atoms with Crippen LogP contribution in [0.15, 0.2) is 48.7 Å². The van der Waals surface area contributed by atoms with E-state index in [1.54, 1.807) is 0 Å². The molecule has 0 bridgehead atoms. The number of aromatic amines is 1. The van der Waals surface area contributed by atoms with Crippen LogP contribution in [-0.4, -0.2) is 137 Å². The molecule has 54 heavy (non-hydrogen) atoms. The lowest BCUT2D eigenvalue weighted by molar-refractivity contribution is -0.195. The van der Waals surface area contributed by atoms with Gasteiger partial charge in [0, 0.05) is 49.8 Å². The molecule has 3 aliphatic rings. The van der Waals surface area contributed by atoms with Gasteiger partial charge in [-0.2, -0.15) is 0 Å². The molecule has 3 saturated heterocycles. The van der Waals surface area contributed by atoms with E-state index in [0.717, 1.165) is 64.2 Å². The smallest absolute Gasteiger partial charge is 0.315 e. The third-order valence-electron chi connectivity index (χ3n) is 11.0. The minimum Gasteiger partial charge on any atom is -0.494 e. The molecule has 1 aromatic heterocycles. The SMILES string of the molecule is Cc1cccc2[nH]cc(Cc3ccc(OCCCN4CCCC5(CCN(C(=O)CNC(=O)NCC(C)C)CC5)C4)cc3)c12.OC[C@H]1OC[C@H](O)[C@@H](O)[C@@H]1O. The summed E-state index contributed by atoms with van der Waals surface area (Å²) >= 11 is 0. The number of amides is 3. The van der Waals surface area contributed by atoms with Crippen LogP contribution in [0, 0.1) is 18.3 Å². The van der Waals surface area contributed by atoms with Gasteiger partial charge in [0.15, 0.2) is 0 Å². The van der Waals surface area contributed by atoms with Gasteiger partial charge in [0.05, 0.1) is 26.4 Å². The van der Waals surface area contributed by atoms with Gasteiger partial charge in [-0.1, -0.05) is 38.1 Å². The third kappa shape index (κ3) is 11.4. The van der Waals surface area contributed by atoms with E-state index in [0.29, 0.717) is 24.5 Å². The molecular weight excluding hydrogens is 690 g/mol. The number of hydrogen-bond donors (Lipinski definition) is 7. The number of nitrogens with zero attached hydrogens (tertiary/aromatic N) is 2. The van der Waals surface area contributed by atoms with Crippen LogP contribution in [-0.2, 0) is 16.0 Å². The summed E-state index contributed by atoms with van der Waals surface area (Å²) in [4.78, 5) is 32.5. The van der Waals surface area contributed by atoms with E-state index >= 15 is 0 Å². The number of aryl methyl sites for hydroxylation is 1. The molecule has 13 nitrogen and oxygen atoms in total. The average molecular weight is 752 g/mol. The molecule has 13 heteroatoms. The number of benzene rings is 2. The minimum absolute atomic E-state index is 0.0143. The number of hydrogen-bond acceptors (Lipinski definition) is 9. The summed E-state index contributed by atoms with van der Waals surface area (Å²) < 4.78 is 10.9. The van der Waals surface area contributed by atoms with E-state index in [1.807, 2.05) is 18.7 Å². The fourth-order valence-corrected chi connectivity index (χ4v) is 7.79. The van der Waals surface area contributed by atoms with Crippen molar-refractivity contribution in [1.82, 2.24) is 25.4 Å². The molecule has 3 aromatic rings. The van der Waals surface area contributed by atoms with Crippen LogP contribution in [0.3, 0.4) is 0 Å². The highest BCUT2D eigenvalue weighted by atomic mass is 16.5. The number of aromatic nitrogens is 1. The predicted molar refractivity (Wildman–Crippen MR) is 207 cm³/mol. The maximum atomic E-state index is 12.7. The maximum Gasteiger partial charge on any atom is 0.315 e. The van der Waals surface area contributed by atoms with Crippen LogP contribution in [0.5, 0.6) is 5.75 Å². The van der Waals surface area contributed by atoms with Crippen molar-refractivity contribution in [1.29, 1.82) is 0 Å². The van der Waals surface area contributed by atoms with Gasteiger partial charge >= 0.3 is 6.03 Å². The lowest BCUT2D eigenvalue weighted by Crippen LogP contribution is -2.53. The molecule has 3 aliphatic heterocycles. The molecule has 2 aromatic carbocycles. The first kappa shape index (κ1) is 41.4. The number of carbonyl (C=O) groups excluding carboxylic acids is 2. The first-order valence-corrected chi connectivity index (χ1v) is 19.5. The minimum atomic E-state index is -1.22. The lowest BCUT2D eigenvalue weighted by atomic mass is 9.72. The van der Waals surface area contributed by atoms with Crippen molar-refractivity contribution >= 4 is 22.8 Å². The third-order valence-corrected chi connectivity index (χ3v) is 11.0. The molecule has 0 aliphatic carbocycles. The van der Waals surface area contributed by atoms with E-state index < -0.39 is 24.4 Å². The molecule has 4 heterocycles. The van der Waals surface area contributed by atoms with Gasteiger partial charge in [-0.3, -0.25) is 4.79 Å². The highest BCUT2D eigenvalue weighted by molar-refractivity contribution is 5.86. The Hall–Kier alpha value is -3.72. The summed E-state index contributed by atoms with van der Waals surface area (Å²) in [5, 5.41) is 42.5. The van der Waals surface area contributed by atoms with Crippen LogP contribution in [0.2, 0.25) is 0 Å². The Morgan fingerprint density at radius 1 is 1.02 bits per heavy atom. The zero-order valence-electron chi connectivity index (χ0n) is 32.1. The van der Waals surface area contributed by atoms with E-state index in [1.165, 1.54) is 40.4 Å². The number of likely N-dealkylation sites (tertiary alicyclic amines) is 2. The summed E-state index contributed by atoms with van der Waals surface area (Å²) in [5.74, 6) is 1.32. The quantitative estimate of drug-likeness (QED) is 0.137. The fraction of sp³-hybridized carbons (Fsp3) is 0.610. The highest BCUT2D eigenvalue weighted by Crippen LogP contribution is 2.40. The number of piperidine rings is 2. The Morgan fingerprint density at radius 3 is 2.50 bits per heavy atom. The second-order valence-electron chi connectivity index (χ2n) is 15.7. The number of fused-ring (bicyclic) bond motifs is 1. The monoisotopic (exact) mass is 751 g/mol. The molecule has 7 N–H and O–H groups in total. The van der Waals surface area contributed by atoms with E-state index in [-0.39, 0.29) is 31.7 Å². The molecule has 0 unspecified atom stereocenters. The molecule has 1 spiro atoms. The summed E-state index contributed by atoms with van der Waals surface area (Å²) in [6.07, 6.45) is 4.29. The average Bonchev–Trinajstić information content (AvgIpc) is 3.59. The molecule has 0 radical (unpaired) electrons. The van der Waals surface area contributed by atoms with Crippen molar-refractivity contribution in [2.75, 3.05) is 65.6 Å². The number of aliphatic hydroxyl groups is 4. The lowest BCUT2D eigenvalue weighted by Gasteiger charge is -2.47. The van der Waals surface area contributed by atoms with Crippen LogP contribution < -0.4 is 15.4 Å². The van der Waals surface area contributed by atoms with Crippen molar-refractivity contribution in [3.8, 4) is 5.75 Å². The number of ether oxygens (including phenoxy) is 2. The van der Waals surface area contributed by atoms with Crippen LogP contribution in [0.4, 0.5) is 4.79 Å². The Morgan fingerprint density at radius 2 is 1.78 bits per heavy atom. The Bertz CT molecular complexity index is 1620. The first-order valence-electron chi connectivity index (χ1n) is 19.5. The van der Waals surface area contributed by atoms with Crippen LogP contribution in [0.25, 0.3) is 10.9 Å². The highest BCUT2D eigenvalue weighted by Gasteiger charge is 2.39. The standard InChI is InChI=1S/C35H49N5O3.C6H12O5/c1-26(2)22-37-34(42)38-24-32(41)40-18-14-35(15-19-40)13-5-16-39(25-35)17-6-20-43-30-11-9-28(10-12-30)21-29-23-36-31-8-4-7-27(3)33(29)31;7-1-4-6(10)5(9)3(8)2-11-4/h4,7-12,23,26,36H,5-6,13-22,24-25H2,1-3H3,(H2,37,38,42);3-10H,1-2H2/t;3-,4+,5+,6+/m.0/s1. The van der Waals surface area contributed by atoms with Gasteiger partial charge < -0.3 is 55.3 Å². The number of aliphatic hydroxyl groups excluding tert-OH is 4. The largest absolute Gasteiger partial charge is 0.494 e. The van der Waals surface area contributed by atoms with Crippen molar-refractivity contribution in [3.63, 3.8) is 0 Å². The number of nitrogens with one attached hydrogen (secondary N) is 3. The van der Waals surface area contributed by atoms with Crippen molar-refractivity contribution in [2.45, 2.75) is 83.7 Å². The Labute approximate surface area is 319 Å².